The fourth-order valence-electron chi connectivity index (χ4n) is 3.06. The minimum absolute atomic E-state index is 0.0330. The molecule has 1 N–H and O–H groups in total. The number of anilines is 1. The fourth-order valence-corrected chi connectivity index (χ4v) is 3.06. The summed E-state index contributed by atoms with van der Waals surface area (Å²) in [5, 5.41) is 2.61. The summed E-state index contributed by atoms with van der Waals surface area (Å²) in [6, 6.07) is 5.23. The molecule has 1 aromatic carbocycles. The van der Waals surface area contributed by atoms with E-state index in [4.69, 9.17) is 18.9 Å². The Balaban J connectivity index is 1.58. The van der Waals surface area contributed by atoms with Crippen molar-refractivity contribution in [2.45, 2.75) is 19.4 Å². The number of hydrogen-bond donors (Lipinski definition) is 1. The lowest BCUT2D eigenvalue weighted by molar-refractivity contribution is -0.158. The lowest BCUT2D eigenvalue weighted by Crippen LogP contribution is -2.38. The third-order valence-electron chi connectivity index (χ3n) is 4.56. The molecule has 1 fully saturated rings. The van der Waals surface area contributed by atoms with Crippen molar-refractivity contribution >= 4 is 23.5 Å². The summed E-state index contributed by atoms with van der Waals surface area (Å²) in [7, 11) is 1.53. The predicted octanol–water partition coefficient (Wildman–Crippen LogP) is 0.505. The number of ether oxygens (including phenoxy) is 4. The molecule has 9 nitrogen and oxygen atoms in total. The van der Waals surface area contributed by atoms with Gasteiger partial charge >= 0.3 is 5.97 Å². The first-order valence-electron chi connectivity index (χ1n) is 9.16. The Labute approximate surface area is 162 Å². The van der Waals surface area contributed by atoms with Crippen molar-refractivity contribution in [3.05, 3.63) is 18.2 Å². The Morgan fingerprint density at radius 2 is 2.04 bits per heavy atom. The fraction of sp³-hybridized carbons (Fsp3) is 0.526. The Bertz CT molecular complexity index is 752. The first kappa shape index (κ1) is 19.9. The first-order valence-corrected chi connectivity index (χ1v) is 9.16. The van der Waals surface area contributed by atoms with Gasteiger partial charge in [-0.3, -0.25) is 14.4 Å². The maximum absolute atomic E-state index is 12.4. The molecule has 0 saturated carbocycles. The average molecular weight is 392 g/mol. The van der Waals surface area contributed by atoms with Gasteiger partial charge in [0, 0.05) is 38.4 Å². The van der Waals surface area contributed by atoms with E-state index in [2.05, 4.69) is 5.32 Å². The van der Waals surface area contributed by atoms with Crippen LogP contribution in [0.3, 0.4) is 0 Å². The number of methoxy groups -OCH3 is 1. The molecule has 0 aromatic heterocycles. The van der Waals surface area contributed by atoms with Crippen molar-refractivity contribution in [2.75, 3.05) is 44.9 Å². The zero-order valence-electron chi connectivity index (χ0n) is 15.9. The summed E-state index contributed by atoms with van der Waals surface area (Å²) in [6.07, 6.45) is -0.909. The molecule has 2 atom stereocenters. The van der Waals surface area contributed by atoms with Gasteiger partial charge in [-0.15, -0.1) is 0 Å². The van der Waals surface area contributed by atoms with Crippen LogP contribution in [0.2, 0.25) is 0 Å². The summed E-state index contributed by atoms with van der Waals surface area (Å²) in [5.74, 6) is -0.582. The van der Waals surface area contributed by atoms with Crippen molar-refractivity contribution in [3.8, 4) is 11.5 Å². The molecule has 2 aliphatic heterocycles. The number of nitrogens with one attached hydrogen (secondary N) is 1. The van der Waals surface area contributed by atoms with Gasteiger partial charge in [-0.2, -0.15) is 0 Å². The quantitative estimate of drug-likeness (QED) is 0.532. The zero-order chi connectivity index (χ0) is 20.1. The predicted molar refractivity (Wildman–Crippen MR) is 98.3 cm³/mol. The van der Waals surface area contributed by atoms with E-state index in [0.717, 1.165) is 0 Å². The second kappa shape index (κ2) is 8.92. The number of hydrogen-bond acceptors (Lipinski definition) is 7. The van der Waals surface area contributed by atoms with Crippen LogP contribution in [0.4, 0.5) is 5.69 Å². The van der Waals surface area contributed by atoms with Crippen molar-refractivity contribution < 1.29 is 33.3 Å². The number of carbonyl (C=O) groups is 3. The Hall–Kier alpha value is -2.81. The number of fused-ring (bicyclic) bond motifs is 1. The lowest BCUT2D eigenvalue weighted by Gasteiger charge is -2.22. The summed E-state index contributed by atoms with van der Waals surface area (Å²) in [6.45, 7) is 3.32. The topological polar surface area (TPSA) is 103 Å². The second-order valence-corrected chi connectivity index (χ2v) is 6.60. The number of benzene rings is 1. The smallest absolute Gasteiger partial charge is 0.312 e. The van der Waals surface area contributed by atoms with Crippen LogP contribution in [0.15, 0.2) is 18.2 Å². The zero-order valence-corrected chi connectivity index (χ0v) is 15.9. The highest BCUT2D eigenvalue weighted by Gasteiger charge is 2.37. The first-order chi connectivity index (χ1) is 13.5. The molecule has 2 heterocycles. The maximum Gasteiger partial charge on any atom is 0.312 e. The van der Waals surface area contributed by atoms with Crippen molar-refractivity contribution in [3.63, 3.8) is 0 Å². The van der Waals surface area contributed by atoms with Gasteiger partial charge in [-0.05, 0) is 19.1 Å². The molecule has 3 rings (SSSR count). The van der Waals surface area contributed by atoms with Crippen LogP contribution in [0, 0.1) is 5.92 Å². The van der Waals surface area contributed by atoms with Gasteiger partial charge in [0.25, 0.3) is 5.91 Å². The van der Waals surface area contributed by atoms with Gasteiger partial charge in [0.15, 0.2) is 17.6 Å². The van der Waals surface area contributed by atoms with Gasteiger partial charge in [0.05, 0.1) is 12.5 Å². The molecular weight excluding hydrogens is 368 g/mol. The maximum atomic E-state index is 12.4. The van der Waals surface area contributed by atoms with Crippen molar-refractivity contribution in [1.29, 1.82) is 0 Å². The van der Waals surface area contributed by atoms with E-state index in [1.807, 2.05) is 0 Å². The van der Waals surface area contributed by atoms with Crippen LogP contribution >= 0.6 is 0 Å². The average Bonchev–Trinajstić information content (AvgIpc) is 3.09. The van der Waals surface area contributed by atoms with Crippen LogP contribution in [0.5, 0.6) is 11.5 Å². The molecule has 28 heavy (non-hydrogen) atoms. The summed E-state index contributed by atoms with van der Waals surface area (Å²) in [5.41, 5.74) is 0.634. The van der Waals surface area contributed by atoms with Crippen LogP contribution in [-0.4, -0.2) is 63.9 Å². The van der Waals surface area contributed by atoms with E-state index in [9.17, 15) is 14.4 Å². The molecule has 0 unspecified atom stereocenters. The SMILES string of the molecule is COCCNC(=O)[C@H](C)OC(=O)[C@H]1CC(=O)N(c2ccc3c(c2)OCCO3)C1. The number of rotatable bonds is 7. The van der Waals surface area contributed by atoms with E-state index in [1.165, 1.54) is 18.9 Å². The number of esters is 1. The summed E-state index contributed by atoms with van der Waals surface area (Å²) >= 11 is 0. The number of amides is 2. The third-order valence-corrected chi connectivity index (χ3v) is 4.56. The molecule has 152 valence electrons. The molecular formula is C19H24N2O7. The molecule has 0 spiro atoms. The van der Waals surface area contributed by atoms with E-state index < -0.39 is 23.9 Å². The molecule has 1 saturated heterocycles. The van der Waals surface area contributed by atoms with Gasteiger partial charge in [-0.1, -0.05) is 0 Å². The molecule has 9 heteroatoms. The number of carbonyl (C=O) groups excluding carboxylic acids is 3. The minimum Gasteiger partial charge on any atom is -0.486 e. The van der Waals surface area contributed by atoms with Crippen LogP contribution < -0.4 is 19.7 Å². The molecule has 0 radical (unpaired) electrons. The van der Waals surface area contributed by atoms with E-state index in [1.54, 1.807) is 18.2 Å². The Kier molecular flexibility index (Phi) is 6.35. The van der Waals surface area contributed by atoms with E-state index >= 15 is 0 Å². The van der Waals surface area contributed by atoms with E-state index in [0.29, 0.717) is 43.6 Å². The van der Waals surface area contributed by atoms with Crippen LogP contribution in [0.25, 0.3) is 0 Å². The van der Waals surface area contributed by atoms with Crippen LogP contribution in [0.1, 0.15) is 13.3 Å². The molecule has 0 bridgehead atoms. The Morgan fingerprint density at radius 1 is 1.29 bits per heavy atom. The molecule has 0 aliphatic carbocycles. The molecule has 2 aliphatic rings. The highest BCUT2D eigenvalue weighted by atomic mass is 16.6. The highest BCUT2D eigenvalue weighted by molar-refractivity contribution is 6.00. The largest absolute Gasteiger partial charge is 0.486 e. The molecule has 1 aromatic rings. The van der Waals surface area contributed by atoms with Gasteiger partial charge in [0.2, 0.25) is 5.91 Å². The highest BCUT2D eigenvalue weighted by Crippen LogP contribution is 2.36. The van der Waals surface area contributed by atoms with Crippen LogP contribution in [-0.2, 0) is 23.9 Å². The van der Waals surface area contributed by atoms with Crippen molar-refractivity contribution in [1.82, 2.24) is 5.32 Å². The molecule has 2 amide bonds. The van der Waals surface area contributed by atoms with Gasteiger partial charge < -0.3 is 29.2 Å². The minimum atomic E-state index is -0.942. The standard InChI is InChI=1S/C19H24N2O7/c1-12(18(23)20-5-6-25-2)28-19(24)13-9-17(22)21(11-13)14-3-4-15-16(10-14)27-8-7-26-15/h3-4,10,12-13H,5-9,11H2,1-2H3,(H,20,23)/t12-,13-/m0/s1. The van der Waals surface area contributed by atoms with Crippen molar-refractivity contribution in [2.24, 2.45) is 5.92 Å². The lowest BCUT2D eigenvalue weighted by atomic mass is 10.1. The Morgan fingerprint density at radius 3 is 2.79 bits per heavy atom. The monoisotopic (exact) mass is 392 g/mol. The summed E-state index contributed by atoms with van der Waals surface area (Å²) in [4.78, 5) is 38.2. The van der Waals surface area contributed by atoms with Gasteiger partial charge in [0.1, 0.15) is 13.2 Å². The van der Waals surface area contributed by atoms with E-state index in [-0.39, 0.29) is 18.9 Å². The second-order valence-electron chi connectivity index (χ2n) is 6.60. The third kappa shape index (κ3) is 4.53. The number of nitrogens with zero attached hydrogens (tertiary/aromatic N) is 1. The van der Waals surface area contributed by atoms with Gasteiger partial charge in [-0.25, -0.2) is 0 Å². The normalized spacial score (nSPS) is 19.3. The summed E-state index contributed by atoms with van der Waals surface area (Å²) < 4.78 is 21.1.